The van der Waals surface area contributed by atoms with Gasteiger partial charge in [-0.05, 0) is 19.4 Å². The van der Waals surface area contributed by atoms with Gasteiger partial charge in [-0.2, -0.15) is 4.98 Å². The normalized spacial score (nSPS) is 11.1. The van der Waals surface area contributed by atoms with Gasteiger partial charge in [0.05, 0.1) is 6.54 Å². The number of nitrogens with zero attached hydrogens (tertiary/aromatic N) is 3. The summed E-state index contributed by atoms with van der Waals surface area (Å²) in [6, 6.07) is 8.08. The minimum absolute atomic E-state index is 0.377. The van der Waals surface area contributed by atoms with Gasteiger partial charge in [-0.15, -0.1) is 0 Å². The Hall–Kier alpha value is -2.83. The second-order valence-electron chi connectivity index (χ2n) is 5.53. The lowest BCUT2D eigenvalue weighted by Crippen LogP contribution is -2.29. The second-order valence-corrected chi connectivity index (χ2v) is 5.53. The van der Waals surface area contributed by atoms with Crippen molar-refractivity contribution >= 4 is 17.1 Å². The molecule has 0 aliphatic heterocycles. The number of benzene rings is 1. The van der Waals surface area contributed by atoms with Gasteiger partial charge in [0.1, 0.15) is 0 Å². The summed E-state index contributed by atoms with van der Waals surface area (Å²) in [5.74, 6) is 0.579. The van der Waals surface area contributed by atoms with Crippen LogP contribution in [0, 0.1) is 6.92 Å². The standard InChI is InChI=1S/C16H19N5O2/c1-4-17-15-18-13-12(14(22)19-16(23)20(13)3)21(15)9-11-7-5-6-10(2)8-11/h5-8H,4,9H2,1-3H3,(H,17,18)(H,19,22,23). The molecule has 7 heteroatoms. The molecular formula is C16H19N5O2. The van der Waals surface area contributed by atoms with E-state index in [4.69, 9.17) is 0 Å². The van der Waals surface area contributed by atoms with Gasteiger partial charge in [0.2, 0.25) is 5.95 Å². The molecule has 0 bridgehead atoms. The van der Waals surface area contributed by atoms with Gasteiger partial charge < -0.3 is 5.32 Å². The number of rotatable bonds is 4. The lowest BCUT2D eigenvalue weighted by Gasteiger charge is -2.10. The quantitative estimate of drug-likeness (QED) is 0.758. The first-order valence-corrected chi connectivity index (χ1v) is 7.50. The molecular weight excluding hydrogens is 294 g/mol. The zero-order chi connectivity index (χ0) is 16.6. The first-order valence-electron chi connectivity index (χ1n) is 7.50. The highest BCUT2D eigenvalue weighted by Crippen LogP contribution is 2.18. The maximum Gasteiger partial charge on any atom is 0.329 e. The molecule has 1 aromatic carbocycles. The number of H-pyrrole nitrogens is 1. The van der Waals surface area contributed by atoms with Crippen molar-refractivity contribution in [3.05, 3.63) is 56.2 Å². The summed E-state index contributed by atoms with van der Waals surface area (Å²) < 4.78 is 3.16. The number of fused-ring (bicyclic) bond motifs is 1. The maximum atomic E-state index is 12.3. The molecule has 2 heterocycles. The van der Waals surface area contributed by atoms with Crippen LogP contribution in [0.2, 0.25) is 0 Å². The Morgan fingerprint density at radius 2 is 2.09 bits per heavy atom. The average Bonchev–Trinajstić information content (AvgIpc) is 2.85. The van der Waals surface area contributed by atoms with E-state index in [0.29, 0.717) is 30.2 Å². The fourth-order valence-electron chi connectivity index (χ4n) is 2.67. The van der Waals surface area contributed by atoms with Gasteiger partial charge in [-0.1, -0.05) is 29.8 Å². The number of nitrogens with one attached hydrogen (secondary N) is 2. The molecule has 0 amide bonds. The maximum absolute atomic E-state index is 12.3. The molecule has 0 aliphatic carbocycles. The lowest BCUT2D eigenvalue weighted by molar-refractivity contribution is 0.807. The molecule has 0 saturated heterocycles. The predicted octanol–water partition coefficient (Wildman–Crippen LogP) is 1.21. The summed E-state index contributed by atoms with van der Waals surface area (Å²) in [6.07, 6.45) is 0. The van der Waals surface area contributed by atoms with Crippen LogP contribution < -0.4 is 16.6 Å². The summed E-state index contributed by atoms with van der Waals surface area (Å²) in [7, 11) is 1.60. The van der Waals surface area contributed by atoms with Gasteiger partial charge in [0.25, 0.3) is 5.56 Å². The van der Waals surface area contributed by atoms with E-state index in [-0.39, 0.29) is 0 Å². The van der Waals surface area contributed by atoms with E-state index in [9.17, 15) is 9.59 Å². The number of hydrogen-bond acceptors (Lipinski definition) is 4. The Labute approximate surface area is 132 Å². The van der Waals surface area contributed by atoms with Crippen LogP contribution >= 0.6 is 0 Å². The molecule has 0 saturated carbocycles. The number of aromatic amines is 1. The van der Waals surface area contributed by atoms with Crippen molar-refractivity contribution in [2.75, 3.05) is 11.9 Å². The Kier molecular flexibility index (Phi) is 3.77. The Morgan fingerprint density at radius 3 is 2.78 bits per heavy atom. The van der Waals surface area contributed by atoms with Gasteiger partial charge in [-0.3, -0.25) is 18.9 Å². The molecule has 0 atom stereocenters. The van der Waals surface area contributed by atoms with E-state index < -0.39 is 11.2 Å². The zero-order valence-electron chi connectivity index (χ0n) is 13.4. The van der Waals surface area contributed by atoms with Gasteiger partial charge in [-0.25, -0.2) is 4.79 Å². The van der Waals surface area contributed by atoms with E-state index in [1.807, 2.05) is 36.6 Å². The van der Waals surface area contributed by atoms with Crippen molar-refractivity contribution in [1.82, 2.24) is 19.1 Å². The van der Waals surface area contributed by atoms with E-state index in [0.717, 1.165) is 11.1 Å². The largest absolute Gasteiger partial charge is 0.356 e. The van der Waals surface area contributed by atoms with Crippen LogP contribution in [0.15, 0.2) is 33.9 Å². The molecule has 0 fully saturated rings. The number of anilines is 1. The summed E-state index contributed by atoms with van der Waals surface area (Å²) in [5.41, 5.74) is 2.10. The molecule has 0 unspecified atom stereocenters. The molecule has 2 aromatic heterocycles. The summed E-state index contributed by atoms with van der Waals surface area (Å²) in [4.78, 5) is 30.8. The van der Waals surface area contributed by atoms with E-state index in [2.05, 4.69) is 21.4 Å². The molecule has 3 rings (SSSR count). The van der Waals surface area contributed by atoms with Gasteiger partial charge in [0.15, 0.2) is 11.2 Å². The number of imidazole rings is 1. The van der Waals surface area contributed by atoms with E-state index >= 15 is 0 Å². The second kappa shape index (κ2) is 5.75. The van der Waals surface area contributed by atoms with Crippen LogP contribution in [-0.4, -0.2) is 25.6 Å². The summed E-state index contributed by atoms with van der Waals surface area (Å²) in [6.45, 7) is 5.15. The van der Waals surface area contributed by atoms with Crippen molar-refractivity contribution in [2.45, 2.75) is 20.4 Å². The fourth-order valence-corrected chi connectivity index (χ4v) is 2.67. The highest BCUT2D eigenvalue weighted by molar-refractivity contribution is 5.74. The van der Waals surface area contributed by atoms with Gasteiger partial charge in [0, 0.05) is 13.6 Å². The predicted molar refractivity (Wildman–Crippen MR) is 90.0 cm³/mol. The van der Waals surface area contributed by atoms with Crippen LogP contribution in [0.3, 0.4) is 0 Å². The molecule has 7 nitrogen and oxygen atoms in total. The topological polar surface area (TPSA) is 84.7 Å². The third-order valence-corrected chi connectivity index (χ3v) is 3.77. The van der Waals surface area contributed by atoms with E-state index in [1.165, 1.54) is 4.57 Å². The average molecular weight is 313 g/mol. The SMILES string of the molecule is CCNc1nc2c(c(=O)[nH]c(=O)n2C)n1Cc1cccc(C)c1. The zero-order valence-corrected chi connectivity index (χ0v) is 13.4. The van der Waals surface area contributed by atoms with Crippen molar-refractivity contribution < 1.29 is 0 Å². The third-order valence-electron chi connectivity index (χ3n) is 3.77. The van der Waals surface area contributed by atoms with Crippen LogP contribution in [0.25, 0.3) is 11.2 Å². The Balaban J connectivity index is 2.25. The first-order chi connectivity index (χ1) is 11.0. The lowest BCUT2D eigenvalue weighted by atomic mass is 10.1. The fraction of sp³-hybridized carbons (Fsp3) is 0.312. The number of aromatic nitrogens is 4. The molecule has 0 spiro atoms. The highest BCUT2D eigenvalue weighted by atomic mass is 16.2. The number of aryl methyl sites for hydroxylation is 2. The van der Waals surface area contributed by atoms with E-state index in [1.54, 1.807) is 7.05 Å². The summed E-state index contributed by atoms with van der Waals surface area (Å²) >= 11 is 0. The molecule has 2 N–H and O–H groups in total. The highest BCUT2D eigenvalue weighted by Gasteiger charge is 2.17. The molecule has 23 heavy (non-hydrogen) atoms. The summed E-state index contributed by atoms with van der Waals surface area (Å²) in [5, 5.41) is 3.16. The number of hydrogen-bond donors (Lipinski definition) is 2. The van der Waals surface area contributed by atoms with Crippen LogP contribution in [-0.2, 0) is 13.6 Å². The molecule has 0 aliphatic rings. The third kappa shape index (κ3) is 2.65. The monoisotopic (exact) mass is 313 g/mol. The van der Waals surface area contributed by atoms with Crippen molar-refractivity contribution in [1.29, 1.82) is 0 Å². The Bertz CT molecular complexity index is 980. The van der Waals surface area contributed by atoms with Gasteiger partial charge >= 0.3 is 5.69 Å². The van der Waals surface area contributed by atoms with Crippen LogP contribution in [0.4, 0.5) is 5.95 Å². The molecule has 3 aromatic rings. The van der Waals surface area contributed by atoms with Crippen molar-refractivity contribution in [2.24, 2.45) is 7.05 Å². The minimum atomic E-state index is -0.467. The first kappa shape index (κ1) is 15.1. The van der Waals surface area contributed by atoms with Crippen LogP contribution in [0.1, 0.15) is 18.1 Å². The van der Waals surface area contributed by atoms with Crippen molar-refractivity contribution in [3.63, 3.8) is 0 Å². The van der Waals surface area contributed by atoms with Crippen molar-refractivity contribution in [3.8, 4) is 0 Å². The minimum Gasteiger partial charge on any atom is -0.356 e. The molecule has 0 radical (unpaired) electrons. The molecule has 120 valence electrons. The van der Waals surface area contributed by atoms with Crippen LogP contribution in [0.5, 0.6) is 0 Å². The smallest absolute Gasteiger partial charge is 0.329 e. The Morgan fingerprint density at radius 1 is 1.30 bits per heavy atom.